The summed E-state index contributed by atoms with van der Waals surface area (Å²) in [5, 5.41) is 4.29. The minimum atomic E-state index is -0.333. The fraction of sp³-hybridized carbons (Fsp3) is 0.158. The lowest BCUT2D eigenvalue weighted by molar-refractivity contribution is 0.104. The summed E-state index contributed by atoms with van der Waals surface area (Å²) in [4.78, 5) is 18.6. The number of benzene rings is 2. The molecular formula is C19H17Cl2N3OS2. The number of halogens is 2. The van der Waals surface area contributed by atoms with Crippen molar-refractivity contribution >= 4 is 68.7 Å². The van der Waals surface area contributed by atoms with E-state index in [1.165, 1.54) is 16.2 Å². The smallest absolute Gasteiger partial charge is 0.209 e. The first kappa shape index (κ1) is 20.0. The van der Waals surface area contributed by atoms with Gasteiger partial charge in [-0.3, -0.25) is 4.79 Å². The van der Waals surface area contributed by atoms with Gasteiger partial charge in [0.1, 0.15) is 10.7 Å². The average Bonchev–Trinajstić information content (AvgIpc) is 3.01. The fourth-order valence-corrected chi connectivity index (χ4v) is 4.54. The highest BCUT2D eigenvalue weighted by Crippen LogP contribution is 2.34. The Bertz CT molecular complexity index is 938. The number of nitrogens with one attached hydrogen (secondary N) is 1. The number of thiazole rings is 1. The van der Waals surface area contributed by atoms with Gasteiger partial charge in [0, 0.05) is 10.6 Å². The number of carbonyl (C=O) groups excluding carboxylic acids is 1. The van der Waals surface area contributed by atoms with Crippen LogP contribution in [0.1, 0.15) is 28.6 Å². The van der Waals surface area contributed by atoms with Gasteiger partial charge in [0.25, 0.3) is 0 Å². The SMILES string of the molecule is CCCSc1ccc(Nc2nc(N)c(C(=O)c3c(Cl)cccc3Cl)s2)cc1. The first-order chi connectivity index (χ1) is 13.0. The Morgan fingerprint density at radius 2 is 1.85 bits per heavy atom. The summed E-state index contributed by atoms with van der Waals surface area (Å²) < 4.78 is 0. The van der Waals surface area contributed by atoms with Crippen LogP contribution in [0.25, 0.3) is 0 Å². The molecule has 0 saturated carbocycles. The molecule has 0 bridgehead atoms. The molecule has 8 heteroatoms. The molecule has 3 N–H and O–H groups in total. The van der Waals surface area contributed by atoms with Gasteiger partial charge >= 0.3 is 0 Å². The zero-order chi connectivity index (χ0) is 19.4. The molecule has 0 aliphatic rings. The lowest BCUT2D eigenvalue weighted by Crippen LogP contribution is -2.04. The van der Waals surface area contributed by atoms with Crippen LogP contribution in [0.5, 0.6) is 0 Å². The van der Waals surface area contributed by atoms with Crippen molar-refractivity contribution in [3.63, 3.8) is 0 Å². The number of aromatic nitrogens is 1. The van der Waals surface area contributed by atoms with Crippen LogP contribution in [0, 0.1) is 0 Å². The standard InChI is InChI=1S/C19H17Cl2N3OS2/c1-2-10-26-12-8-6-11(7-9-12)23-19-24-18(22)17(27-19)16(25)15-13(20)4-3-5-14(15)21/h3-9H,2,10,22H2,1H3,(H,23,24). The number of nitrogens with zero attached hydrogens (tertiary/aromatic N) is 1. The van der Waals surface area contributed by atoms with Gasteiger partial charge < -0.3 is 11.1 Å². The second kappa shape index (κ2) is 8.97. The first-order valence-corrected chi connectivity index (χ1v) is 10.8. The Morgan fingerprint density at radius 1 is 1.19 bits per heavy atom. The number of hydrogen-bond donors (Lipinski definition) is 2. The van der Waals surface area contributed by atoms with E-state index in [9.17, 15) is 4.79 Å². The number of nitrogen functional groups attached to an aromatic ring is 1. The predicted molar refractivity (Wildman–Crippen MR) is 117 cm³/mol. The maximum absolute atomic E-state index is 12.8. The van der Waals surface area contributed by atoms with Crippen LogP contribution in [0.3, 0.4) is 0 Å². The topological polar surface area (TPSA) is 68.0 Å². The molecule has 0 fully saturated rings. The number of thioether (sulfide) groups is 1. The average molecular weight is 438 g/mol. The van der Waals surface area contributed by atoms with Crippen LogP contribution in [0.2, 0.25) is 10.0 Å². The number of ketones is 1. The van der Waals surface area contributed by atoms with Crippen LogP contribution < -0.4 is 11.1 Å². The molecule has 0 atom stereocenters. The van der Waals surface area contributed by atoms with Gasteiger partial charge in [-0.15, -0.1) is 11.8 Å². The number of rotatable bonds is 7. The summed E-state index contributed by atoms with van der Waals surface area (Å²) in [6.45, 7) is 2.16. The molecule has 3 rings (SSSR count). The molecule has 0 saturated heterocycles. The molecule has 140 valence electrons. The fourth-order valence-electron chi connectivity index (χ4n) is 2.35. The first-order valence-electron chi connectivity index (χ1n) is 8.24. The normalized spacial score (nSPS) is 10.8. The highest BCUT2D eigenvalue weighted by Gasteiger charge is 2.22. The highest BCUT2D eigenvalue weighted by molar-refractivity contribution is 7.99. The third-order valence-electron chi connectivity index (χ3n) is 3.63. The number of hydrogen-bond acceptors (Lipinski definition) is 6. The second-order valence-electron chi connectivity index (χ2n) is 5.66. The van der Waals surface area contributed by atoms with E-state index in [1.807, 2.05) is 23.9 Å². The Labute approximate surface area is 176 Å². The molecule has 3 aromatic rings. The van der Waals surface area contributed by atoms with Crippen molar-refractivity contribution in [1.82, 2.24) is 4.98 Å². The molecule has 2 aromatic carbocycles. The molecule has 27 heavy (non-hydrogen) atoms. The van der Waals surface area contributed by atoms with Gasteiger partial charge in [0.15, 0.2) is 5.13 Å². The summed E-state index contributed by atoms with van der Waals surface area (Å²) in [5.41, 5.74) is 7.07. The zero-order valence-corrected chi connectivity index (χ0v) is 17.6. The number of carbonyl (C=O) groups is 1. The van der Waals surface area contributed by atoms with Crippen molar-refractivity contribution in [1.29, 1.82) is 0 Å². The molecular weight excluding hydrogens is 421 g/mol. The van der Waals surface area contributed by atoms with E-state index in [2.05, 4.69) is 29.4 Å². The lowest BCUT2D eigenvalue weighted by atomic mass is 10.1. The van der Waals surface area contributed by atoms with Crippen molar-refractivity contribution in [2.45, 2.75) is 18.2 Å². The summed E-state index contributed by atoms with van der Waals surface area (Å²) in [7, 11) is 0. The van der Waals surface area contributed by atoms with Crippen molar-refractivity contribution in [2.75, 3.05) is 16.8 Å². The summed E-state index contributed by atoms with van der Waals surface area (Å²) in [6, 6.07) is 13.0. The summed E-state index contributed by atoms with van der Waals surface area (Å²) >= 11 is 15.3. The van der Waals surface area contributed by atoms with Crippen molar-refractivity contribution in [3.8, 4) is 0 Å². The van der Waals surface area contributed by atoms with Crippen LogP contribution in [-0.4, -0.2) is 16.5 Å². The minimum absolute atomic E-state index is 0.151. The Kier molecular flexibility index (Phi) is 6.65. The lowest BCUT2D eigenvalue weighted by Gasteiger charge is -2.05. The van der Waals surface area contributed by atoms with E-state index in [4.69, 9.17) is 28.9 Å². The predicted octanol–water partition coefficient (Wildman–Crippen LogP) is 6.51. The molecule has 0 amide bonds. The molecule has 0 aliphatic heterocycles. The summed E-state index contributed by atoms with van der Waals surface area (Å²) in [6.07, 6.45) is 1.13. The Balaban J connectivity index is 1.79. The van der Waals surface area contributed by atoms with Gasteiger partial charge in [-0.2, -0.15) is 0 Å². The van der Waals surface area contributed by atoms with Crippen LogP contribution in [0.4, 0.5) is 16.6 Å². The van der Waals surface area contributed by atoms with Gasteiger partial charge in [0.2, 0.25) is 5.78 Å². The minimum Gasteiger partial charge on any atom is -0.382 e. The maximum Gasteiger partial charge on any atom is 0.209 e. The van der Waals surface area contributed by atoms with Crippen molar-refractivity contribution < 1.29 is 4.79 Å². The molecule has 0 spiro atoms. The third-order valence-corrected chi connectivity index (χ3v) is 6.46. The van der Waals surface area contributed by atoms with Gasteiger partial charge in [0.05, 0.1) is 15.6 Å². The third kappa shape index (κ3) is 4.76. The molecule has 0 aliphatic carbocycles. The van der Waals surface area contributed by atoms with Crippen LogP contribution in [0.15, 0.2) is 47.4 Å². The van der Waals surface area contributed by atoms with E-state index in [0.717, 1.165) is 17.9 Å². The van der Waals surface area contributed by atoms with Gasteiger partial charge in [-0.25, -0.2) is 4.98 Å². The van der Waals surface area contributed by atoms with E-state index < -0.39 is 0 Å². The van der Waals surface area contributed by atoms with Gasteiger partial charge in [-0.1, -0.05) is 47.5 Å². The highest BCUT2D eigenvalue weighted by atomic mass is 35.5. The number of nitrogens with two attached hydrogens (primary N) is 1. The molecule has 0 unspecified atom stereocenters. The van der Waals surface area contributed by atoms with Crippen LogP contribution >= 0.6 is 46.3 Å². The Hall–Kier alpha value is -1.73. The molecule has 1 heterocycles. The largest absolute Gasteiger partial charge is 0.382 e. The van der Waals surface area contributed by atoms with Gasteiger partial charge in [-0.05, 0) is 48.6 Å². The zero-order valence-electron chi connectivity index (χ0n) is 14.5. The molecule has 1 aromatic heterocycles. The molecule has 0 radical (unpaired) electrons. The molecule has 4 nitrogen and oxygen atoms in total. The summed E-state index contributed by atoms with van der Waals surface area (Å²) in [5.74, 6) is 0.907. The van der Waals surface area contributed by atoms with Crippen LogP contribution in [-0.2, 0) is 0 Å². The van der Waals surface area contributed by atoms with Crippen molar-refractivity contribution in [3.05, 3.63) is 63.0 Å². The van der Waals surface area contributed by atoms with Crippen molar-refractivity contribution in [2.24, 2.45) is 0 Å². The maximum atomic E-state index is 12.8. The monoisotopic (exact) mass is 437 g/mol. The Morgan fingerprint density at radius 3 is 2.48 bits per heavy atom. The van der Waals surface area contributed by atoms with E-state index in [1.54, 1.807) is 18.2 Å². The van der Waals surface area contributed by atoms with E-state index in [0.29, 0.717) is 10.0 Å². The quantitative estimate of drug-likeness (QED) is 0.325. The second-order valence-corrected chi connectivity index (χ2v) is 8.64. The number of anilines is 3. The van der Waals surface area contributed by atoms with E-state index >= 15 is 0 Å². The van der Waals surface area contributed by atoms with E-state index in [-0.39, 0.29) is 27.2 Å².